The van der Waals surface area contributed by atoms with Crippen LogP contribution in [0.1, 0.15) is 27.2 Å². The minimum atomic E-state index is -1.22. The molecule has 0 aliphatic carbocycles. The number of nitrogens with zero attached hydrogens (tertiary/aromatic N) is 1. The summed E-state index contributed by atoms with van der Waals surface area (Å²) < 4.78 is 6.43. The summed E-state index contributed by atoms with van der Waals surface area (Å²) in [6, 6.07) is 7.30. The molecule has 0 saturated heterocycles. The Balaban J connectivity index is 2.55. The van der Waals surface area contributed by atoms with E-state index in [-0.39, 0.29) is 18.9 Å². The highest BCUT2D eigenvalue weighted by Crippen LogP contribution is 2.18. The van der Waals surface area contributed by atoms with Gasteiger partial charge in [-0.25, -0.2) is 4.79 Å². The van der Waals surface area contributed by atoms with E-state index in [1.165, 1.54) is 18.7 Å². The minimum absolute atomic E-state index is 0.139. The van der Waals surface area contributed by atoms with Gasteiger partial charge in [-0.3, -0.25) is 4.79 Å². The molecule has 6 heteroatoms. The van der Waals surface area contributed by atoms with Gasteiger partial charge in [0.25, 0.3) is 0 Å². The molecule has 1 N–H and O–H groups in total. The number of amides is 1. The third-order valence-corrected chi connectivity index (χ3v) is 3.74. The Morgan fingerprint density at radius 3 is 2.33 bits per heavy atom. The Bertz CT molecular complexity index is 499. The molecule has 0 fully saturated rings. The molecule has 21 heavy (non-hydrogen) atoms. The zero-order chi connectivity index (χ0) is 16.0. The second kappa shape index (κ2) is 7.45. The fourth-order valence-corrected chi connectivity index (χ4v) is 2.19. The molecule has 0 spiro atoms. The van der Waals surface area contributed by atoms with Crippen LogP contribution in [-0.4, -0.2) is 40.6 Å². The van der Waals surface area contributed by atoms with Crippen LogP contribution in [0.2, 0.25) is 0 Å². The summed E-state index contributed by atoms with van der Waals surface area (Å²) in [6.07, 6.45) is 0.139. The molecule has 0 bridgehead atoms. The molecule has 0 heterocycles. The molecule has 0 saturated carbocycles. The summed E-state index contributed by atoms with van der Waals surface area (Å²) in [5.41, 5.74) is -1.22. The van der Waals surface area contributed by atoms with Crippen molar-refractivity contribution in [1.82, 2.24) is 4.90 Å². The van der Waals surface area contributed by atoms with Gasteiger partial charge < -0.3 is 14.7 Å². The van der Waals surface area contributed by atoms with Gasteiger partial charge in [-0.05, 0) is 45.0 Å². The molecule has 5 nitrogen and oxygen atoms in total. The summed E-state index contributed by atoms with van der Waals surface area (Å²) >= 11 is 3.33. The first-order valence-corrected chi connectivity index (χ1v) is 7.50. The largest absolute Gasteiger partial charge is 0.493 e. The van der Waals surface area contributed by atoms with Gasteiger partial charge in [0.05, 0.1) is 13.0 Å². The molecule has 0 atom stereocenters. The third kappa shape index (κ3) is 4.74. The number of carboxylic acids is 1. The molecule has 0 aliphatic heterocycles. The van der Waals surface area contributed by atoms with E-state index in [1.54, 1.807) is 19.1 Å². The molecular formula is C15H20BrNO4. The Morgan fingerprint density at radius 2 is 1.86 bits per heavy atom. The minimum Gasteiger partial charge on any atom is -0.493 e. The molecule has 1 amide bonds. The summed E-state index contributed by atoms with van der Waals surface area (Å²) in [4.78, 5) is 24.7. The van der Waals surface area contributed by atoms with Crippen molar-refractivity contribution in [2.45, 2.75) is 32.7 Å². The fraction of sp³-hybridized carbons (Fsp3) is 0.467. The number of ether oxygens (including phenoxy) is 1. The van der Waals surface area contributed by atoms with Crippen LogP contribution in [0.4, 0.5) is 0 Å². The lowest BCUT2D eigenvalue weighted by atomic mass is 10.0. The van der Waals surface area contributed by atoms with Crippen LogP contribution in [-0.2, 0) is 9.59 Å². The number of rotatable bonds is 7. The van der Waals surface area contributed by atoms with Gasteiger partial charge in [0.2, 0.25) is 5.91 Å². The van der Waals surface area contributed by atoms with Crippen molar-refractivity contribution in [2.24, 2.45) is 0 Å². The highest BCUT2D eigenvalue weighted by atomic mass is 79.9. The van der Waals surface area contributed by atoms with Crippen LogP contribution >= 0.6 is 15.9 Å². The Hall–Kier alpha value is -1.56. The molecule has 0 aliphatic rings. The summed E-state index contributed by atoms with van der Waals surface area (Å²) in [7, 11) is 0. The normalized spacial score (nSPS) is 11.0. The SMILES string of the molecule is CCN(C(=O)CCOc1ccc(Br)cc1)C(C)(C)C(=O)O. The predicted octanol–water partition coefficient (Wildman–Crippen LogP) is 2.93. The van der Waals surface area contributed by atoms with Crippen molar-refractivity contribution in [2.75, 3.05) is 13.2 Å². The number of carbonyl (C=O) groups excluding carboxylic acids is 1. The lowest BCUT2D eigenvalue weighted by molar-refractivity contribution is -0.156. The van der Waals surface area contributed by atoms with Gasteiger partial charge in [-0.1, -0.05) is 15.9 Å². The lowest BCUT2D eigenvalue weighted by Gasteiger charge is -2.34. The van der Waals surface area contributed by atoms with Crippen molar-refractivity contribution in [3.05, 3.63) is 28.7 Å². The lowest BCUT2D eigenvalue weighted by Crippen LogP contribution is -2.53. The first kappa shape index (κ1) is 17.5. The zero-order valence-corrected chi connectivity index (χ0v) is 14.0. The molecule has 1 aromatic carbocycles. The molecule has 1 aromatic rings. The number of halogens is 1. The Morgan fingerprint density at radius 1 is 1.29 bits per heavy atom. The maximum Gasteiger partial charge on any atom is 0.329 e. The van der Waals surface area contributed by atoms with Crippen LogP contribution in [0.25, 0.3) is 0 Å². The van der Waals surface area contributed by atoms with E-state index in [2.05, 4.69) is 15.9 Å². The average Bonchev–Trinajstić information content (AvgIpc) is 2.41. The highest BCUT2D eigenvalue weighted by Gasteiger charge is 2.36. The second-order valence-electron chi connectivity index (χ2n) is 5.05. The molecule has 116 valence electrons. The van der Waals surface area contributed by atoms with Gasteiger partial charge in [-0.15, -0.1) is 0 Å². The van der Waals surface area contributed by atoms with E-state index >= 15 is 0 Å². The Kier molecular flexibility index (Phi) is 6.20. The third-order valence-electron chi connectivity index (χ3n) is 3.21. The van der Waals surface area contributed by atoms with E-state index in [1.807, 2.05) is 12.1 Å². The summed E-state index contributed by atoms with van der Waals surface area (Å²) in [5.74, 6) is -0.583. The van der Waals surface area contributed by atoms with Gasteiger partial charge in [0.15, 0.2) is 0 Å². The van der Waals surface area contributed by atoms with Gasteiger partial charge in [0.1, 0.15) is 11.3 Å². The molecule has 1 rings (SSSR count). The topological polar surface area (TPSA) is 66.8 Å². The van der Waals surface area contributed by atoms with Crippen molar-refractivity contribution in [3.8, 4) is 5.75 Å². The van der Waals surface area contributed by atoms with E-state index in [4.69, 9.17) is 4.74 Å². The van der Waals surface area contributed by atoms with E-state index in [0.29, 0.717) is 12.3 Å². The van der Waals surface area contributed by atoms with E-state index < -0.39 is 11.5 Å². The maximum atomic E-state index is 12.1. The van der Waals surface area contributed by atoms with Crippen molar-refractivity contribution in [1.29, 1.82) is 0 Å². The summed E-state index contributed by atoms with van der Waals surface area (Å²) in [5, 5.41) is 9.19. The number of hydrogen-bond acceptors (Lipinski definition) is 3. The average molecular weight is 358 g/mol. The van der Waals surface area contributed by atoms with Crippen molar-refractivity contribution < 1.29 is 19.4 Å². The predicted molar refractivity (Wildman–Crippen MR) is 83.4 cm³/mol. The smallest absolute Gasteiger partial charge is 0.329 e. The Labute approximate surface area is 133 Å². The standard InChI is InChI=1S/C15H20BrNO4/c1-4-17(15(2,3)14(19)20)13(18)9-10-21-12-7-5-11(16)6-8-12/h5-8H,4,9-10H2,1-3H3,(H,19,20). The van der Waals surface area contributed by atoms with Crippen LogP contribution < -0.4 is 4.74 Å². The van der Waals surface area contributed by atoms with Crippen molar-refractivity contribution in [3.63, 3.8) is 0 Å². The molecular weight excluding hydrogens is 338 g/mol. The number of aliphatic carboxylic acids is 1. The second-order valence-corrected chi connectivity index (χ2v) is 5.97. The molecule has 0 aromatic heterocycles. The monoisotopic (exact) mass is 357 g/mol. The van der Waals surface area contributed by atoms with Crippen molar-refractivity contribution >= 4 is 27.8 Å². The van der Waals surface area contributed by atoms with Crippen LogP contribution in [0, 0.1) is 0 Å². The van der Waals surface area contributed by atoms with Crippen LogP contribution in [0.3, 0.4) is 0 Å². The number of benzene rings is 1. The number of carboxylic acid groups (broad SMARTS) is 1. The van der Waals surface area contributed by atoms with Gasteiger partial charge in [0, 0.05) is 11.0 Å². The zero-order valence-electron chi connectivity index (χ0n) is 12.4. The number of likely N-dealkylation sites (N-methyl/N-ethyl adjacent to an activating group) is 1. The quantitative estimate of drug-likeness (QED) is 0.814. The fourth-order valence-electron chi connectivity index (χ4n) is 1.92. The summed E-state index contributed by atoms with van der Waals surface area (Å²) in [6.45, 7) is 5.36. The maximum absolute atomic E-state index is 12.1. The number of carbonyl (C=O) groups is 2. The van der Waals surface area contributed by atoms with Gasteiger partial charge in [-0.2, -0.15) is 0 Å². The van der Waals surface area contributed by atoms with E-state index in [9.17, 15) is 14.7 Å². The highest BCUT2D eigenvalue weighted by molar-refractivity contribution is 9.10. The first-order chi connectivity index (χ1) is 9.78. The van der Waals surface area contributed by atoms with Crippen LogP contribution in [0.15, 0.2) is 28.7 Å². The molecule has 0 unspecified atom stereocenters. The first-order valence-electron chi connectivity index (χ1n) is 6.71. The molecule has 0 radical (unpaired) electrons. The van der Waals surface area contributed by atoms with Gasteiger partial charge >= 0.3 is 5.97 Å². The number of hydrogen-bond donors (Lipinski definition) is 1. The van der Waals surface area contributed by atoms with E-state index in [0.717, 1.165) is 4.47 Å². The van der Waals surface area contributed by atoms with Crippen LogP contribution in [0.5, 0.6) is 5.75 Å².